The summed E-state index contributed by atoms with van der Waals surface area (Å²) in [5.41, 5.74) is 6.98. The van der Waals surface area contributed by atoms with Crippen molar-refractivity contribution in [1.82, 2.24) is 25.7 Å². The molecular formula is C18H22FN5O. The maximum atomic E-state index is 13.5. The predicted octanol–water partition coefficient (Wildman–Crippen LogP) is 1.72. The number of nitrogens with one attached hydrogen (secondary N) is 3. The zero-order valence-corrected chi connectivity index (χ0v) is 13.9. The molecule has 132 valence electrons. The van der Waals surface area contributed by atoms with E-state index in [0.717, 1.165) is 37.3 Å². The second kappa shape index (κ2) is 6.93. The highest BCUT2D eigenvalue weighted by atomic mass is 19.1. The number of halogens is 1. The van der Waals surface area contributed by atoms with Gasteiger partial charge in [0.2, 0.25) is 5.91 Å². The van der Waals surface area contributed by atoms with E-state index >= 15 is 0 Å². The molecule has 2 unspecified atom stereocenters. The van der Waals surface area contributed by atoms with Gasteiger partial charge in [-0.05, 0) is 30.5 Å². The molecule has 1 aromatic carbocycles. The van der Waals surface area contributed by atoms with Crippen LogP contribution in [0.5, 0.6) is 0 Å². The fraction of sp³-hybridized carbons (Fsp3) is 0.444. The largest absolute Gasteiger partial charge is 0.348 e. The maximum Gasteiger partial charge on any atom is 0.229 e. The number of carbonyl (C=O) groups is 1. The highest BCUT2D eigenvalue weighted by Crippen LogP contribution is 2.30. The Morgan fingerprint density at radius 1 is 1.28 bits per heavy atom. The second-order valence-corrected chi connectivity index (χ2v) is 6.74. The van der Waals surface area contributed by atoms with Crippen LogP contribution in [0.15, 0.2) is 36.7 Å². The van der Waals surface area contributed by atoms with Gasteiger partial charge in [-0.1, -0.05) is 12.1 Å². The number of rotatable bonds is 3. The first-order valence-corrected chi connectivity index (χ1v) is 8.74. The number of hydrogen-bond donors (Lipinski definition) is 3. The normalized spacial score (nSPS) is 24.6. The van der Waals surface area contributed by atoms with E-state index in [4.69, 9.17) is 0 Å². The minimum absolute atomic E-state index is 0.129. The summed E-state index contributed by atoms with van der Waals surface area (Å²) in [6, 6.07) is 6.25. The quantitative estimate of drug-likeness (QED) is 0.793. The van der Waals surface area contributed by atoms with Crippen molar-refractivity contribution in [2.24, 2.45) is 5.92 Å². The molecule has 2 aliphatic rings. The van der Waals surface area contributed by atoms with Gasteiger partial charge in [-0.25, -0.2) is 14.8 Å². The average Bonchev–Trinajstić information content (AvgIpc) is 3.33. The van der Waals surface area contributed by atoms with Gasteiger partial charge >= 0.3 is 0 Å². The van der Waals surface area contributed by atoms with E-state index in [1.54, 1.807) is 12.3 Å². The Morgan fingerprint density at radius 3 is 2.84 bits per heavy atom. The molecule has 7 heteroatoms. The predicted molar refractivity (Wildman–Crippen MR) is 90.9 cm³/mol. The monoisotopic (exact) mass is 343 g/mol. The number of piperidine rings is 1. The molecule has 0 spiro atoms. The van der Waals surface area contributed by atoms with Gasteiger partial charge in [0, 0.05) is 37.9 Å². The summed E-state index contributed by atoms with van der Waals surface area (Å²) in [5, 5.41) is 0. The van der Waals surface area contributed by atoms with Crippen molar-refractivity contribution < 1.29 is 9.18 Å². The lowest BCUT2D eigenvalue weighted by Crippen LogP contribution is -2.43. The van der Waals surface area contributed by atoms with Crippen molar-refractivity contribution in [1.29, 1.82) is 0 Å². The summed E-state index contributed by atoms with van der Waals surface area (Å²) in [7, 11) is 0. The Labute approximate surface area is 145 Å². The number of hydrogen-bond acceptors (Lipinski definition) is 4. The molecule has 1 amide bonds. The fourth-order valence-corrected chi connectivity index (χ4v) is 3.85. The minimum Gasteiger partial charge on any atom is -0.348 e. The molecule has 0 saturated carbocycles. The number of nitrogens with zero attached hydrogens (tertiary/aromatic N) is 2. The molecule has 25 heavy (non-hydrogen) atoms. The Morgan fingerprint density at radius 2 is 2.12 bits per heavy atom. The van der Waals surface area contributed by atoms with Gasteiger partial charge in [-0.2, -0.15) is 0 Å². The van der Waals surface area contributed by atoms with Crippen molar-refractivity contribution in [3.63, 3.8) is 0 Å². The number of benzene rings is 1. The van der Waals surface area contributed by atoms with E-state index in [2.05, 4.69) is 20.8 Å². The molecule has 2 atom stereocenters. The number of aromatic amines is 1. The summed E-state index contributed by atoms with van der Waals surface area (Å²) >= 11 is 0. The van der Waals surface area contributed by atoms with Crippen LogP contribution >= 0.6 is 0 Å². The zero-order valence-electron chi connectivity index (χ0n) is 13.9. The molecule has 2 aliphatic heterocycles. The van der Waals surface area contributed by atoms with Crippen LogP contribution in [0.2, 0.25) is 0 Å². The second-order valence-electron chi connectivity index (χ2n) is 6.74. The number of carbonyl (C=O) groups excluding carboxylic acids is 1. The van der Waals surface area contributed by atoms with Crippen LogP contribution in [0.25, 0.3) is 0 Å². The summed E-state index contributed by atoms with van der Waals surface area (Å²) in [6.07, 6.45) is 5.44. The topological polar surface area (TPSA) is 73.1 Å². The molecule has 0 bridgehead atoms. The van der Waals surface area contributed by atoms with E-state index in [9.17, 15) is 9.18 Å². The molecule has 3 N–H and O–H groups in total. The highest BCUT2D eigenvalue weighted by molar-refractivity contribution is 5.80. The van der Waals surface area contributed by atoms with Crippen molar-refractivity contribution >= 4 is 5.91 Å². The molecule has 0 radical (unpaired) electrons. The van der Waals surface area contributed by atoms with Gasteiger partial charge in [-0.15, -0.1) is 0 Å². The number of aromatic nitrogens is 2. The standard InChI is InChI=1S/C18H22FN5O/c19-14-3-1-2-13(10-14)16-15(11-22-23-16)18(25)24-8-4-12(5-9-24)17-20-6-7-21-17/h1-3,6-7,10,12,15-16,22-23H,4-5,8-9,11H2,(H,20,21). The molecular weight excluding hydrogens is 321 g/mol. The Kier molecular flexibility index (Phi) is 4.50. The van der Waals surface area contributed by atoms with Crippen molar-refractivity contribution in [2.75, 3.05) is 19.6 Å². The highest BCUT2D eigenvalue weighted by Gasteiger charge is 2.37. The molecule has 4 rings (SSSR count). The smallest absolute Gasteiger partial charge is 0.229 e. The van der Waals surface area contributed by atoms with Gasteiger partial charge in [0.05, 0.1) is 12.0 Å². The van der Waals surface area contributed by atoms with Crippen LogP contribution in [0.3, 0.4) is 0 Å². The lowest BCUT2D eigenvalue weighted by Gasteiger charge is -2.33. The molecule has 0 aliphatic carbocycles. The number of imidazole rings is 1. The van der Waals surface area contributed by atoms with E-state index in [1.807, 2.05) is 17.2 Å². The van der Waals surface area contributed by atoms with Crippen LogP contribution in [0.1, 0.15) is 36.2 Å². The van der Waals surface area contributed by atoms with E-state index in [0.29, 0.717) is 12.5 Å². The van der Waals surface area contributed by atoms with E-state index < -0.39 is 0 Å². The van der Waals surface area contributed by atoms with Crippen molar-refractivity contribution in [3.8, 4) is 0 Å². The van der Waals surface area contributed by atoms with Crippen LogP contribution in [0, 0.1) is 11.7 Å². The average molecular weight is 343 g/mol. The number of hydrazine groups is 1. The van der Waals surface area contributed by atoms with Crippen LogP contribution < -0.4 is 10.9 Å². The first kappa shape index (κ1) is 16.2. The van der Waals surface area contributed by atoms with Crippen LogP contribution in [-0.4, -0.2) is 40.4 Å². The zero-order chi connectivity index (χ0) is 17.2. The van der Waals surface area contributed by atoms with E-state index in [-0.39, 0.29) is 23.7 Å². The van der Waals surface area contributed by atoms with Gasteiger partial charge in [0.25, 0.3) is 0 Å². The summed E-state index contributed by atoms with van der Waals surface area (Å²) < 4.78 is 13.5. The van der Waals surface area contributed by atoms with Crippen molar-refractivity contribution in [2.45, 2.75) is 24.8 Å². The summed E-state index contributed by atoms with van der Waals surface area (Å²) in [6.45, 7) is 2.02. The van der Waals surface area contributed by atoms with Crippen LogP contribution in [0.4, 0.5) is 4.39 Å². The SMILES string of the molecule is O=C(C1CNNC1c1cccc(F)c1)N1CCC(c2ncc[nH]2)CC1. The lowest BCUT2D eigenvalue weighted by atomic mass is 9.91. The van der Waals surface area contributed by atoms with Gasteiger partial charge in [0.15, 0.2) is 0 Å². The Hall–Kier alpha value is -2.25. The molecule has 6 nitrogen and oxygen atoms in total. The van der Waals surface area contributed by atoms with Gasteiger partial charge < -0.3 is 9.88 Å². The van der Waals surface area contributed by atoms with Gasteiger partial charge in [-0.3, -0.25) is 10.2 Å². The molecule has 2 fully saturated rings. The van der Waals surface area contributed by atoms with Crippen molar-refractivity contribution in [3.05, 3.63) is 53.9 Å². The van der Waals surface area contributed by atoms with E-state index in [1.165, 1.54) is 12.1 Å². The minimum atomic E-state index is -0.281. The number of amides is 1. The number of H-pyrrole nitrogens is 1. The molecule has 3 heterocycles. The first-order valence-electron chi connectivity index (χ1n) is 8.74. The third-order valence-electron chi connectivity index (χ3n) is 5.22. The van der Waals surface area contributed by atoms with Crippen LogP contribution in [-0.2, 0) is 4.79 Å². The molecule has 1 aromatic heterocycles. The maximum absolute atomic E-state index is 13.5. The third-order valence-corrected chi connectivity index (χ3v) is 5.22. The van der Waals surface area contributed by atoms with Gasteiger partial charge in [0.1, 0.15) is 11.6 Å². The molecule has 2 aromatic rings. The Balaban J connectivity index is 1.42. The summed E-state index contributed by atoms with van der Waals surface area (Å²) in [4.78, 5) is 22.4. The fourth-order valence-electron chi connectivity index (χ4n) is 3.85. The third kappa shape index (κ3) is 3.29. The molecule has 2 saturated heterocycles. The lowest BCUT2D eigenvalue weighted by molar-refractivity contribution is -0.136. The number of likely N-dealkylation sites (tertiary alicyclic amines) is 1. The first-order chi connectivity index (χ1) is 12.2. The Bertz CT molecular complexity index is 727. The summed E-state index contributed by atoms with van der Waals surface area (Å²) in [5.74, 6) is 1.02.